The van der Waals surface area contributed by atoms with E-state index in [1.807, 2.05) is 0 Å². The number of methoxy groups -OCH3 is 1. The summed E-state index contributed by atoms with van der Waals surface area (Å²) in [6, 6.07) is 5.96. The van der Waals surface area contributed by atoms with Crippen LogP contribution in [0.2, 0.25) is 0 Å². The molecule has 35 heavy (non-hydrogen) atoms. The lowest BCUT2D eigenvalue weighted by Crippen LogP contribution is -2.43. The molecule has 0 fully saturated rings. The van der Waals surface area contributed by atoms with E-state index in [2.05, 4.69) is 20.6 Å². The second kappa shape index (κ2) is 9.13. The van der Waals surface area contributed by atoms with Gasteiger partial charge in [0.2, 0.25) is 6.17 Å². The lowest BCUT2D eigenvalue weighted by Gasteiger charge is -2.31. The van der Waals surface area contributed by atoms with Gasteiger partial charge in [-0.1, -0.05) is 0 Å². The fourth-order valence-corrected chi connectivity index (χ4v) is 3.68. The predicted octanol–water partition coefficient (Wildman–Crippen LogP) is 3.20. The van der Waals surface area contributed by atoms with Gasteiger partial charge in [0, 0.05) is 19.0 Å². The minimum absolute atomic E-state index is 0.0146. The zero-order chi connectivity index (χ0) is 25.3. The topological polar surface area (TPSA) is 145 Å². The lowest BCUT2D eigenvalue weighted by atomic mass is 10.1. The van der Waals surface area contributed by atoms with Gasteiger partial charge >= 0.3 is 6.18 Å². The lowest BCUT2D eigenvalue weighted by molar-refractivity contribution is -0.138. The molecule has 14 heteroatoms. The first kappa shape index (κ1) is 23.8. The van der Waals surface area contributed by atoms with Gasteiger partial charge in [-0.05, 0) is 41.1 Å². The summed E-state index contributed by atoms with van der Waals surface area (Å²) in [5, 5.41) is 9.52. The molecule has 2 amide bonds. The number of pyridine rings is 1. The number of hydrogen-bond donors (Lipinski definition) is 2. The summed E-state index contributed by atoms with van der Waals surface area (Å²) >= 11 is 0. The molecule has 3 N–H and O–H groups in total. The van der Waals surface area contributed by atoms with Crippen molar-refractivity contribution in [2.75, 3.05) is 29.6 Å². The Morgan fingerprint density at radius 1 is 1.29 bits per heavy atom. The van der Waals surface area contributed by atoms with E-state index < -0.39 is 29.7 Å². The molecule has 0 unspecified atom stereocenters. The highest BCUT2D eigenvalue weighted by molar-refractivity contribution is 6.13. The van der Waals surface area contributed by atoms with Gasteiger partial charge in [0.25, 0.3) is 11.8 Å². The Bertz CT molecular complexity index is 1290. The molecule has 1 aliphatic heterocycles. The quantitative estimate of drug-likeness (QED) is 0.506. The Kier molecular flexibility index (Phi) is 6.22. The number of rotatable bonds is 6. The van der Waals surface area contributed by atoms with Gasteiger partial charge in [-0.25, -0.2) is 9.67 Å². The Morgan fingerprint density at radius 2 is 2.06 bits per heavy atom. The highest BCUT2D eigenvalue weighted by Gasteiger charge is 2.38. The number of nitrogens with one attached hydrogen (secondary N) is 1. The molecule has 182 valence electrons. The number of nitrogens with zero attached hydrogens (tertiary/aromatic N) is 5. The van der Waals surface area contributed by atoms with Crippen molar-refractivity contribution >= 4 is 29.0 Å². The van der Waals surface area contributed by atoms with Crippen molar-refractivity contribution in [1.29, 1.82) is 0 Å². The van der Waals surface area contributed by atoms with Crippen LogP contribution < -0.4 is 16.0 Å². The molecule has 0 saturated carbocycles. The number of carbonyl (C=O) groups excluding carboxylic acids is 2. The Morgan fingerprint density at radius 3 is 2.69 bits per heavy atom. The van der Waals surface area contributed by atoms with E-state index in [1.165, 1.54) is 31.6 Å². The van der Waals surface area contributed by atoms with Crippen LogP contribution in [-0.4, -0.2) is 40.2 Å². The number of benzene rings is 1. The van der Waals surface area contributed by atoms with Crippen molar-refractivity contribution in [2.45, 2.75) is 18.9 Å². The van der Waals surface area contributed by atoms with E-state index in [9.17, 15) is 27.7 Å². The minimum atomic E-state index is -4.63. The van der Waals surface area contributed by atoms with Crippen molar-refractivity contribution in [1.82, 2.24) is 14.8 Å². The first-order chi connectivity index (χ1) is 16.6. The van der Waals surface area contributed by atoms with Gasteiger partial charge < -0.3 is 20.7 Å². The Balaban J connectivity index is 1.70. The van der Waals surface area contributed by atoms with Crippen LogP contribution in [0.5, 0.6) is 0 Å². The normalized spacial score (nSPS) is 15.6. The van der Waals surface area contributed by atoms with Crippen molar-refractivity contribution in [3.05, 3.63) is 70.0 Å². The van der Waals surface area contributed by atoms with Crippen LogP contribution in [0.1, 0.15) is 38.1 Å². The average molecular weight is 489 g/mol. The third-order valence-corrected chi connectivity index (χ3v) is 5.30. The third kappa shape index (κ3) is 4.55. The van der Waals surface area contributed by atoms with Crippen LogP contribution in [0, 0.1) is 4.91 Å². The number of carbonyl (C=O) groups is 2. The zero-order valence-electron chi connectivity index (χ0n) is 18.1. The molecule has 0 radical (unpaired) electrons. The first-order valence-electron chi connectivity index (χ1n) is 10.1. The molecule has 3 aromatic rings. The van der Waals surface area contributed by atoms with E-state index >= 15 is 0 Å². The summed E-state index contributed by atoms with van der Waals surface area (Å²) in [7, 11) is 1.25. The highest BCUT2D eigenvalue weighted by Crippen LogP contribution is 2.36. The second-order valence-electron chi connectivity index (χ2n) is 7.55. The van der Waals surface area contributed by atoms with E-state index in [-0.39, 0.29) is 47.2 Å². The van der Waals surface area contributed by atoms with E-state index in [1.54, 1.807) is 0 Å². The molecule has 0 spiro atoms. The number of aromatic nitrogens is 3. The number of hydrogen-bond acceptors (Lipinski definition) is 8. The van der Waals surface area contributed by atoms with Crippen molar-refractivity contribution < 1.29 is 27.5 Å². The molecule has 0 bridgehead atoms. The van der Waals surface area contributed by atoms with Crippen LogP contribution in [-0.2, 0) is 17.5 Å². The fraction of sp³-hybridized carbons (Fsp3) is 0.238. The second-order valence-corrected chi connectivity index (χ2v) is 7.55. The fourth-order valence-electron chi connectivity index (χ4n) is 3.68. The molecule has 1 atom stereocenters. The number of nitrogen functional groups attached to an aromatic ring is 1. The zero-order valence-corrected chi connectivity index (χ0v) is 18.1. The van der Waals surface area contributed by atoms with Crippen LogP contribution in [0.4, 0.5) is 30.4 Å². The molecular formula is C21H18F3N7O4. The molecule has 2 aromatic heterocycles. The molecular weight excluding hydrogens is 471 g/mol. The minimum Gasteiger partial charge on any atom is -0.384 e. The van der Waals surface area contributed by atoms with E-state index in [0.29, 0.717) is 0 Å². The van der Waals surface area contributed by atoms with Gasteiger partial charge in [-0.2, -0.15) is 18.3 Å². The molecule has 3 heterocycles. The Labute approximate surface area is 195 Å². The number of halogens is 3. The number of ether oxygens (including phenoxy) is 1. The smallest absolute Gasteiger partial charge is 0.384 e. The summed E-state index contributed by atoms with van der Waals surface area (Å²) in [5.74, 6) is -1.11. The predicted molar refractivity (Wildman–Crippen MR) is 117 cm³/mol. The van der Waals surface area contributed by atoms with Gasteiger partial charge in [-0.15, -0.1) is 4.91 Å². The third-order valence-electron chi connectivity index (χ3n) is 5.30. The van der Waals surface area contributed by atoms with E-state index in [0.717, 1.165) is 27.8 Å². The monoisotopic (exact) mass is 489 g/mol. The molecule has 1 aromatic carbocycles. The molecule has 11 nitrogen and oxygen atoms in total. The largest absolute Gasteiger partial charge is 0.416 e. The average Bonchev–Trinajstić information content (AvgIpc) is 3.23. The highest BCUT2D eigenvalue weighted by atomic mass is 19.4. The maximum absolute atomic E-state index is 13.4. The first-order valence-corrected chi connectivity index (χ1v) is 10.1. The molecule has 0 saturated heterocycles. The maximum Gasteiger partial charge on any atom is 0.416 e. The van der Waals surface area contributed by atoms with Gasteiger partial charge in [0.15, 0.2) is 5.69 Å². The number of nitrogens with two attached hydrogens (primary N) is 1. The van der Waals surface area contributed by atoms with Gasteiger partial charge in [0.05, 0.1) is 36.2 Å². The summed E-state index contributed by atoms with van der Waals surface area (Å²) in [5.41, 5.74) is 4.49. The summed E-state index contributed by atoms with van der Waals surface area (Å²) < 4.78 is 46.1. The standard InChI is InChI=1S/C21H18F3N7O4/c1-35-10-12-6-13(3-4-14(12)21(22,23)24)30-9-17(29-34)31-18(20(30)33)15(8-27-31)28-19(32)11-2-5-16(25)26-7-11/h2-8,17H,9-10H2,1H3,(H2,25,26)(H,28,32)/t17-/m1/s1. The van der Waals surface area contributed by atoms with Crippen LogP contribution in [0.15, 0.2) is 47.9 Å². The van der Waals surface area contributed by atoms with Crippen LogP contribution in [0.25, 0.3) is 0 Å². The Hall–Kier alpha value is -4.33. The summed E-state index contributed by atoms with van der Waals surface area (Å²) in [6.45, 7) is -0.626. The molecule has 1 aliphatic rings. The van der Waals surface area contributed by atoms with E-state index in [4.69, 9.17) is 10.5 Å². The number of amides is 2. The summed E-state index contributed by atoms with van der Waals surface area (Å²) in [6.07, 6.45) is -3.39. The van der Waals surface area contributed by atoms with Gasteiger partial charge in [-0.3, -0.25) is 9.59 Å². The summed E-state index contributed by atoms with van der Waals surface area (Å²) in [4.78, 5) is 42.4. The molecule has 0 aliphatic carbocycles. The number of fused-ring (bicyclic) bond motifs is 1. The maximum atomic E-state index is 13.4. The number of nitroso groups, excluding NO2 is 1. The van der Waals surface area contributed by atoms with Crippen LogP contribution >= 0.6 is 0 Å². The van der Waals surface area contributed by atoms with Crippen molar-refractivity contribution in [3.8, 4) is 0 Å². The number of anilines is 3. The van der Waals surface area contributed by atoms with Crippen molar-refractivity contribution in [3.63, 3.8) is 0 Å². The number of alkyl halides is 3. The SMILES string of the molecule is COCc1cc(N2C[C@H](N=O)n3ncc(NC(=O)c4ccc(N)nc4)c3C2=O)ccc1C(F)(F)F. The van der Waals surface area contributed by atoms with Crippen molar-refractivity contribution in [2.24, 2.45) is 5.18 Å². The van der Waals surface area contributed by atoms with Crippen LogP contribution in [0.3, 0.4) is 0 Å². The van der Waals surface area contributed by atoms with Gasteiger partial charge in [0.1, 0.15) is 5.82 Å². The molecule has 4 rings (SSSR count).